The minimum atomic E-state index is -1.17. The van der Waals surface area contributed by atoms with Gasteiger partial charge in [-0.2, -0.15) is 0 Å². The third-order valence-electron chi connectivity index (χ3n) is 2.25. The molecule has 1 rings (SSSR count). The van der Waals surface area contributed by atoms with Crippen LogP contribution in [0.15, 0.2) is 0 Å². The van der Waals surface area contributed by atoms with E-state index in [1.54, 1.807) is 14.1 Å². The Hall–Kier alpha value is -1.30. The molecular weight excluding hydrogens is 188 g/mol. The van der Waals surface area contributed by atoms with E-state index in [1.807, 2.05) is 0 Å². The smallest absolute Gasteiger partial charge is 0.408 e. The number of carboxylic acid groups (broad SMARTS) is 1. The Labute approximate surface area is 81.7 Å². The van der Waals surface area contributed by atoms with Gasteiger partial charge in [0, 0.05) is 20.5 Å². The van der Waals surface area contributed by atoms with Gasteiger partial charge in [0.15, 0.2) is 0 Å². The van der Waals surface area contributed by atoms with Gasteiger partial charge in [-0.25, -0.2) is 4.79 Å². The zero-order valence-electron chi connectivity index (χ0n) is 8.17. The molecule has 1 aliphatic rings. The number of nitrogens with zero attached hydrogens (tertiary/aromatic N) is 2. The first kappa shape index (κ1) is 10.8. The predicted octanol–water partition coefficient (Wildman–Crippen LogP) is -0.812. The van der Waals surface area contributed by atoms with Gasteiger partial charge in [0.1, 0.15) is 6.04 Å². The zero-order valence-corrected chi connectivity index (χ0v) is 8.17. The van der Waals surface area contributed by atoms with Gasteiger partial charge in [-0.05, 0) is 0 Å². The summed E-state index contributed by atoms with van der Waals surface area (Å²) in [4.78, 5) is 24.6. The minimum absolute atomic E-state index is 0.0135. The van der Waals surface area contributed by atoms with E-state index in [0.29, 0.717) is 0 Å². The van der Waals surface area contributed by atoms with Crippen LogP contribution >= 0.6 is 0 Å². The molecule has 0 radical (unpaired) electrons. The number of likely N-dealkylation sites (tertiary alicyclic amines) is 1. The lowest BCUT2D eigenvalue weighted by atomic mass is 10.2. The van der Waals surface area contributed by atoms with Crippen LogP contribution in [0, 0.1) is 0 Å². The predicted molar refractivity (Wildman–Crippen MR) is 47.8 cm³/mol. The molecule has 0 aromatic heterocycles. The molecule has 2 atom stereocenters. The molecule has 6 nitrogen and oxygen atoms in total. The van der Waals surface area contributed by atoms with E-state index in [0.717, 1.165) is 4.90 Å². The van der Waals surface area contributed by atoms with Gasteiger partial charge < -0.3 is 15.1 Å². The van der Waals surface area contributed by atoms with Crippen LogP contribution in [-0.2, 0) is 4.79 Å². The van der Waals surface area contributed by atoms with Crippen LogP contribution in [0.1, 0.15) is 6.42 Å². The number of aliphatic hydroxyl groups is 1. The normalized spacial score (nSPS) is 26.4. The molecule has 0 bridgehead atoms. The Bertz CT molecular complexity index is 254. The van der Waals surface area contributed by atoms with Crippen molar-refractivity contribution in [2.45, 2.75) is 18.6 Å². The summed E-state index contributed by atoms with van der Waals surface area (Å²) < 4.78 is 0. The summed E-state index contributed by atoms with van der Waals surface area (Å²) in [5, 5.41) is 18.1. The molecular formula is C8H14N2O4. The number of hydrogen-bond donors (Lipinski definition) is 2. The van der Waals surface area contributed by atoms with E-state index in [9.17, 15) is 14.7 Å². The van der Waals surface area contributed by atoms with Gasteiger partial charge in [0.05, 0.1) is 12.6 Å². The largest absolute Gasteiger partial charge is 0.465 e. The fourth-order valence-electron chi connectivity index (χ4n) is 1.56. The van der Waals surface area contributed by atoms with Crippen LogP contribution in [0.5, 0.6) is 0 Å². The van der Waals surface area contributed by atoms with E-state index in [1.165, 1.54) is 4.90 Å². The van der Waals surface area contributed by atoms with Crippen molar-refractivity contribution in [3.63, 3.8) is 0 Å². The van der Waals surface area contributed by atoms with Gasteiger partial charge in [-0.1, -0.05) is 0 Å². The molecule has 0 aliphatic carbocycles. The lowest BCUT2D eigenvalue weighted by Gasteiger charge is -2.23. The van der Waals surface area contributed by atoms with Crippen LogP contribution in [0.25, 0.3) is 0 Å². The number of carbonyl (C=O) groups is 2. The maximum absolute atomic E-state index is 11.5. The average Bonchev–Trinajstić information content (AvgIpc) is 2.45. The van der Waals surface area contributed by atoms with Crippen molar-refractivity contribution in [3.8, 4) is 0 Å². The molecule has 2 amide bonds. The second kappa shape index (κ2) is 3.83. The minimum Gasteiger partial charge on any atom is -0.465 e. The molecule has 80 valence electrons. The van der Waals surface area contributed by atoms with Crippen molar-refractivity contribution < 1.29 is 19.8 Å². The molecule has 1 saturated heterocycles. The molecule has 1 heterocycles. The molecule has 14 heavy (non-hydrogen) atoms. The van der Waals surface area contributed by atoms with Crippen LogP contribution in [0.4, 0.5) is 4.79 Å². The number of likely N-dealkylation sites (N-methyl/N-ethyl adjacent to an activating group) is 1. The van der Waals surface area contributed by atoms with E-state index >= 15 is 0 Å². The summed E-state index contributed by atoms with van der Waals surface area (Å²) in [6.45, 7) is 0.0135. The second-order valence-corrected chi connectivity index (χ2v) is 3.57. The van der Waals surface area contributed by atoms with Crippen molar-refractivity contribution >= 4 is 12.0 Å². The summed E-state index contributed by atoms with van der Waals surface area (Å²) in [6.07, 6.45) is -1.72. The van der Waals surface area contributed by atoms with Crippen LogP contribution in [0.2, 0.25) is 0 Å². The molecule has 1 fully saturated rings. The number of carbonyl (C=O) groups excluding carboxylic acids is 1. The fourth-order valence-corrected chi connectivity index (χ4v) is 1.56. The highest BCUT2D eigenvalue weighted by molar-refractivity contribution is 5.85. The Kier molecular flexibility index (Phi) is 2.95. The third-order valence-corrected chi connectivity index (χ3v) is 2.25. The lowest BCUT2D eigenvalue weighted by Crippen LogP contribution is -2.44. The highest BCUT2D eigenvalue weighted by Crippen LogP contribution is 2.19. The summed E-state index contributed by atoms with van der Waals surface area (Å²) in [5.74, 6) is -0.288. The van der Waals surface area contributed by atoms with E-state index in [-0.39, 0.29) is 18.9 Å². The first-order chi connectivity index (χ1) is 6.43. The standard InChI is InChI=1S/C8H14N2O4/c1-9(2)7(12)6-3-5(11)4-10(6)8(13)14/h5-6,11H,3-4H2,1-2H3,(H,13,14)/t5-,6+/m0/s1. The fraction of sp³-hybridized carbons (Fsp3) is 0.750. The molecule has 1 aliphatic heterocycles. The summed E-state index contributed by atoms with van der Waals surface area (Å²) in [7, 11) is 3.13. The maximum atomic E-state index is 11.5. The number of rotatable bonds is 1. The molecule has 0 saturated carbocycles. The van der Waals surface area contributed by atoms with Crippen molar-refractivity contribution in [3.05, 3.63) is 0 Å². The van der Waals surface area contributed by atoms with Crippen molar-refractivity contribution in [2.24, 2.45) is 0 Å². The molecule has 2 N–H and O–H groups in total. The van der Waals surface area contributed by atoms with Crippen molar-refractivity contribution in [2.75, 3.05) is 20.6 Å². The zero-order chi connectivity index (χ0) is 10.9. The second-order valence-electron chi connectivity index (χ2n) is 3.57. The highest BCUT2D eigenvalue weighted by Gasteiger charge is 2.39. The molecule has 0 aromatic rings. The lowest BCUT2D eigenvalue weighted by molar-refractivity contribution is -0.132. The SMILES string of the molecule is CN(C)C(=O)[C@H]1C[C@H](O)CN1C(=O)O. The van der Waals surface area contributed by atoms with Gasteiger partial charge in [0.2, 0.25) is 5.91 Å². The van der Waals surface area contributed by atoms with Gasteiger partial charge in [-0.3, -0.25) is 9.69 Å². The number of amides is 2. The Morgan fingerprint density at radius 2 is 2.00 bits per heavy atom. The Balaban J connectivity index is 2.76. The first-order valence-electron chi connectivity index (χ1n) is 4.32. The molecule has 6 heteroatoms. The number of β-amino-alcohol motifs (C(OH)–C–C–N with tert-alkyl or cyclic N) is 1. The molecule has 0 aromatic carbocycles. The quantitative estimate of drug-likeness (QED) is 0.582. The monoisotopic (exact) mass is 202 g/mol. The number of hydrogen-bond acceptors (Lipinski definition) is 3. The molecule has 0 unspecified atom stereocenters. The summed E-state index contributed by atoms with van der Waals surface area (Å²) >= 11 is 0. The topological polar surface area (TPSA) is 81.1 Å². The van der Waals surface area contributed by atoms with E-state index in [2.05, 4.69) is 0 Å². The first-order valence-corrected chi connectivity index (χ1v) is 4.32. The number of aliphatic hydroxyl groups excluding tert-OH is 1. The summed E-state index contributed by atoms with van der Waals surface area (Å²) in [5.41, 5.74) is 0. The van der Waals surface area contributed by atoms with Crippen molar-refractivity contribution in [1.29, 1.82) is 0 Å². The van der Waals surface area contributed by atoms with Crippen LogP contribution in [0.3, 0.4) is 0 Å². The van der Waals surface area contributed by atoms with E-state index < -0.39 is 18.2 Å². The van der Waals surface area contributed by atoms with Crippen LogP contribution in [-0.4, -0.2) is 64.8 Å². The highest BCUT2D eigenvalue weighted by atomic mass is 16.4. The molecule has 0 spiro atoms. The maximum Gasteiger partial charge on any atom is 0.408 e. The van der Waals surface area contributed by atoms with E-state index in [4.69, 9.17) is 5.11 Å². The summed E-state index contributed by atoms with van der Waals surface area (Å²) in [6, 6.07) is -0.738. The van der Waals surface area contributed by atoms with Gasteiger partial charge in [-0.15, -0.1) is 0 Å². The Morgan fingerprint density at radius 3 is 2.43 bits per heavy atom. The van der Waals surface area contributed by atoms with Gasteiger partial charge >= 0.3 is 6.09 Å². The third kappa shape index (κ3) is 1.95. The Morgan fingerprint density at radius 1 is 1.43 bits per heavy atom. The average molecular weight is 202 g/mol. The van der Waals surface area contributed by atoms with Crippen LogP contribution < -0.4 is 0 Å². The van der Waals surface area contributed by atoms with Crippen molar-refractivity contribution in [1.82, 2.24) is 9.80 Å². The van der Waals surface area contributed by atoms with Gasteiger partial charge in [0.25, 0.3) is 0 Å².